The first-order chi connectivity index (χ1) is 7.08. The predicted octanol–water partition coefficient (Wildman–Crippen LogP) is 1.40. The second-order valence-electron chi connectivity index (χ2n) is 2.71. The number of carbonyl (C=O) groups excluding carboxylic acids is 2. The van der Waals surface area contributed by atoms with Crippen LogP contribution in [0.15, 0.2) is 18.2 Å². The molecule has 0 N–H and O–H groups in total. The third-order valence-corrected chi connectivity index (χ3v) is 1.74. The van der Waals surface area contributed by atoms with Gasteiger partial charge < -0.3 is 9.47 Å². The van der Waals surface area contributed by atoms with Gasteiger partial charge in [0, 0.05) is 0 Å². The van der Waals surface area contributed by atoms with Crippen LogP contribution in [0.5, 0.6) is 0 Å². The van der Waals surface area contributed by atoms with Crippen molar-refractivity contribution in [1.29, 1.82) is 0 Å². The highest BCUT2D eigenvalue weighted by molar-refractivity contribution is 5.95. The molecule has 0 bridgehead atoms. The van der Waals surface area contributed by atoms with Crippen molar-refractivity contribution in [2.45, 2.75) is 0 Å². The summed E-state index contributed by atoms with van der Waals surface area (Å²) in [5.41, 5.74) is -0.0594. The van der Waals surface area contributed by atoms with E-state index in [4.69, 9.17) is 0 Å². The lowest BCUT2D eigenvalue weighted by molar-refractivity contribution is 0.0598. The molecule has 4 nitrogen and oxygen atoms in total. The molecule has 0 spiro atoms. The third kappa shape index (κ3) is 2.52. The average molecular weight is 212 g/mol. The highest BCUT2D eigenvalue weighted by atomic mass is 19.1. The summed E-state index contributed by atoms with van der Waals surface area (Å²) < 4.78 is 21.8. The number of hydrogen-bond acceptors (Lipinski definition) is 4. The van der Waals surface area contributed by atoms with E-state index in [2.05, 4.69) is 9.47 Å². The Morgan fingerprint density at radius 3 is 1.73 bits per heavy atom. The number of benzene rings is 1. The van der Waals surface area contributed by atoms with Gasteiger partial charge in [0.1, 0.15) is 5.82 Å². The molecule has 1 rings (SSSR count). The van der Waals surface area contributed by atoms with E-state index < -0.39 is 17.8 Å². The van der Waals surface area contributed by atoms with Gasteiger partial charge in [-0.05, 0) is 18.2 Å². The average Bonchev–Trinajstić information content (AvgIpc) is 2.26. The Morgan fingerprint density at radius 1 is 1.00 bits per heavy atom. The first-order valence-corrected chi connectivity index (χ1v) is 4.05. The molecule has 5 heteroatoms. The third-order valence-electron chi connectivity index (χ3n) is 1.74. The van der Waals surface area contributed by atoms with E-state index in [0.717, 1.165) is 12.1 Å². The summed E-state index contributed by atoms with van der Waals surface area (Å²) in [5.74, 6) is -2.11. The Bertz CT molecular complexity index is 366. The minimum absolute atomic E-state index is 0.0297. The summed E-state index contributed by atoms with van der Waals surface area (Å²) in [7, 11) is 2.34. The van der Waals surface area contributed by atoms with E-state index in [-0.39, 0.29) is 11.1 Å². The molecule has 0 aliphatic rings. The van der Waals surface area contributed by atoms with Crippen LogP contribution in [0.4, 0.5) is 4.39 Å². The Kier molecular flexibility index (Phi) is 3.38. The molecule has 0 aromatic heterocycles. The van der Waals surface area contributed by atoms with E-state index in [1.165, 1.54) is 20.3 Å². The molecule has 0 unspecified atom stereocenters. The second-order valence-corrected chi connectivity index (χ2v) is 2.71. The number of methoxy groups -OCH3 is 2. The number of rotatable bonds is 2. The Hall–Kier alpha value is -1.91. The number of hydrogen-bond donors (Lipinski definition) is 0. The van der Waals surface area contributed by atoms with Gasteiger partial charge in [-0.25, -0.2) is 14.0 Å². The summed E-state index contributed by atoms with van der Waals surface area (Å²) in [6.45, 7) is 0. The molecule has 0 aliphatic carbocycles. The van der Waals surface area contributed by atoms with Crippen LogP contribution in [0, 0.1) is 5.82 Å². The van der Waals surface area contributed by atoms with Gasteiger partial charge in [-0.2, -0.15) is 0 Å². The molecule has 0 atom stereocenters. The smallest absolute Gasteiger partial charge is 0.337 e. The molecule has 0 saturated heterocycles. The number of ether oxygens (including phenoxy) is 2. The van der Waals surface area contributed by atoms with Crippen molar-refractivity contribution in [2.75, 3.05) is 14.2 Å². The lowest BCUT2D eigenvalue weighted by atomic mass is 10.1. The van der Waals surface area contributed by atoms with Crippen LogP contribution in [-0.4, -0.2) is 26.2 Å². The van der Waals surface area contributed by atoms with Crippen molar-refractivity contribution in [3.05, 3.63) is 35.1 Å². The molecular formula is C10H9FO4. The zero-order valence-corrected chi connectivity index (χ0v) is 8.24. The molecule has 80 valence electrons. The normalized spacial score (nSPS) is 9.53. The molecule has 0 amide bonds. The van der Waals surface area contributed by atoms with E-state index in [9.17, 15) is 14.0 Å². The van der Waals surface area contributed by atoms with Crippen molar-refractivity contribution in [2.24, 2.45) is 0 Å². The number of carbonyl (C=O) groups is 2. The maximum Gasteiger partial charge on any atom is 0.337 e. The largest absolute Gasteiger partial charge is 0.465 e. The monoisotopic (exact) mass is 212 g/mol. The Balaban J connectivity index is 3.16. The molecule has 0 radical (unpaired) electrons. The fourth-order valence-corrected chi connectivity index (χ4v) is 1.06. The molecule has 0 aliphatic heterocycles. The molecule has 1 aromatic rings. The summed E-state index contributed by atoms with van der Waals surface area (Å²) in [5, 5.41) is 0. The highest BCUT2D eigenvalue weighted by Gasteiger charge is 2.13. The van der Waals surface area contributed by atoms with Crippen LogP contribution in [-0.2, 0) is 9.47 Å². The topological polar surface area (TPSA) is 52.6 Å². The molecule has 0 saturated carbocycles. The fourth-order valence-electron chi connectivity index (χ4n) is 1.06. The van der Waals surface area contributed by atoms with Crippen LogP contribution in [0.25, 0.3) is 0 Å². The minimum Gasteiger partial charge on any atom is -0.465 e. The van der Waals surface area contributed by atoms with Crippen LogP contribution in [0.3, 0.4) is 0 Å². The van der Waals surface area contributed by atoms with Gasteiger partial charge in [0.2, 0.25) is 0 Å². The van der Waals surface area contributed by atoms with E-state index in [1.807, 2.05) is 0 Å². The number of esters is 2. The van der Waals surface area contributed by atoms with Crippen LogP contribution < -0.4 is 0 Å². The molecular weight excluding hydrogens is 203 g/mol. The first kappa shape index (κ1) is 11.2. The lowest BCUT2D eigenvalue weighted by Gasteiger charge is -2.03. The van der Waals surface area contributed by atoms with Crippen molar-refractivity contribution >= 4 is 11.9 Å². The summed E-state index contributed by atoms with van der Waals surface area (Å²) in [6, 6.07) is 3.18. The highest BCUT2D eigenvalue weighted by Crippen LogP contribution is 2.11. The van der Waals surface area contributed by atoms with Crippen molar-refractivity contribution < 1.29 is 23.5 Å². The Morgan fingerprint density at radius 2 is 1.40 bits per heavy atom. The van der Waals surface area contributed by atoms with Gasteiger partial charge >= 0.3 is 11.9 Å². The van der Waals surface area contributed by atoms with Crippen LogP contribution in [0.2, 0.25) is 0 Å². The maximum atomic E-state index is 13.0. The number of halogens is 1. The first-order valence-electron chi connectivity index (χ1n) is 4.05. The molecule has 0 heterocycles. The second kappa shape index (κ2) is 4.54. The van der Waals surface area contributed by atoms with E-state index >= 15 is 0 Å². The molecule has 0 fully saturated rings. The predicted molar refractivity (Wildman–Crippen MR) is 49.1 cm³/mol. The standard InChI is InChI=1S/C10H9FO4/c1-14-9(12)6-3-7(10(13)15-2)5-8(11)4-6/h3-5H,1-2H3. The van der Waals surface area contributed by atoms with Gasteiger partial charge in [-0.1, -0.05) is 0 Å². The van der Waals surface area contributed by atoms with Gasteiger partial charge in [-0.3, -0.25) is 0 Å². The van der Waals surface area contributed by atoms with E-state index in [0.29, 0.717) is 0 Å². The van der Waals surface area contributed by atoms with Crippen molar-refractivity contribution in [3.63, 3.8) is 0 Å². The Labute approximate surface area is 85.6 Å². The zero-order chi connectivity index (χ0) is 11.4. The van der Waals surface area contributed by atoms with Gasteiger partial charge in [0.05, 0.1) is 25.3 Å². The summed E-state index contributed by atoms with van der Waals surface area (Å²) in [4.78, 5) is 22.2. The maximum absolute atomic E-state index is 13.0. The van der Waals surface area contributed by atoms with Crippen molar-refractivity contribution in [3.8, 4) is 0 Å². The minimum atomic E-state index is -0.709. The fraction of sp³-hybridized carbons (Fsp3) is 0.200. The SMILES string of the molecule is COC(=O)c1cc(F)cc(C(=O)OC)c1. The van der Waals surface area contributed by atoms with Crippen LogP contribution >= 0.6 is 0 Å². The van der Waals surface area contributed by atoms with Gasteiger partial charge in [0.25, 0.3) is 0 Å². The molecule has 15 heavy (non-hydrogen) atoms. The quantitative estimate of drug-likeness (QED) is 0.695. The van der Waals surface area contributed by atoms with Crippen molar-refractivity contribution in [1.82, 2.24) is 0 Å². The van der Waals surface area contributed by atoms with E-state index in [1.54, 1.807) is 0 Å². The lowest BCUT2D eigenvalue weighted by Crippen LogP contribution is -2.07. The summed E-state index contributed by atoms with van der Waals surface area (Å²) in [6.07, 6.45) is 0. The van der Waals surface area contributed by atoms with Gasteiger partial charge in [0.15, 0.2) is 0 Å². The zero-order valence-electron chi connectivity index (χ0n) is 8.24. The molecule has 1 aromatic carbocycles. The summed E-state index contributed by atoms with van der Waals surface area (Å²) >= 11 is 0. The van der Waals surface area contributed by atoms with Crippen LogP contribution in [0.1, 0.15) is 20.7 Å². The van der Waals surface area contributed by atoms with Gasteiger partial charge in [-0.15, -0.1) is 0 Å².